The van der Waals surface area contributed by atoms with E-state index in [0.717, 1.165) is 18.4 Å². The highest BCUT2D eigenvalue weighted by atomic mass is 35.5. The fraction of sp³-hybridized carbons (Fsp3) is 0.400. The van der Waals surface area contributed by atoms with Gasteiger partial charge in [0, 0.05) is 12.4 Å². The lowest BCUT2D eigenvalue weighted by Gasteiger charge is -2.06. The van der Waals surface area contributed by atoms with E-state index in [2.05, 4.69) is 9.72 Å². The largest absolute Gasteiger partial charge is 0.465 e. The van der Waals surface area contributed by atoms with Gasteiger partial charge in [-0.3, -0.25) is 4.98 Å². The summed E-state index contributed by atoms with van der Waals surface area (Å²) in [7, 11) is 1.35. The number of hydrogen-bond donors (Lipinski definition) is 0. The zero-order valence-corrected chi connectivity index (χ0v) is 8.54. The van der Waals surface area contributed by atoms with Gasteiger partial charge in [-0.05, 0) is 24.5 Å². The average Bonchev–Trinajstić information content (AvgIpc) is 2.97. The van der Waals surface area contributed by atoms with Crippen molar-refractivity contribution in [2.75, 3.05) is 7.11 Å². The molecule has 2 rings (SSSR count). The third-order valence-corrected chi connectivity index (χ3v) is 2.96. The van der Waals surface area contributed by atoms with E-state index in [-0.39, 0.29) is 10.8 Å². The smallest absolute Gasteiger partial charge is 0.339 e. The van der Waals surface area contributed by atoms with E-state index in [1.165, 1.54) is 13.3 Å². The number of esters is 1. The van der Waals surface area contributed by atoms with Crippen molar-refractivity contribution in [1.82, 2.24) is 4.98 Å². The zero-order chi connectivity index (χ0) is 10.2. The van der Waals surface area contributed by atoms with Crippen LogP contribution in [-0.4, -0.2) is 18.1 Å². The van der Waals surface area contributed by atoms with Crippen molar-refractivity contribution in [2.45, 2.75) is 17.7 Å². The molecule has 4 heteroatoms. The van der Waals surface area contributed by atoms with Crippen molar-refractivity contribution in [2.24, 2.45) is 0 Å². The summed E-state index contributed by atoms with van der Waals surface area (Å²) >= 11 is 6.20. The number of ether oxygens (including phenoxy) is 1. The first-order valence-corrected chi connectivity index (χ1v) is 4.76. The molecule has 1 aromatic heterocycles. The first-order chi connectivity index (χ1) is 6.65. The van der Waals surface area contributed by atoms with Crippen LogP contribution in [0.25, 0.3) is 0 Å². The second-order valence-corrected chi connectivity index (χ2v) is 4.14. The number of halogens is 1. The number of hydrogen-bond acceptors (Lipinski definition) is 3. The molecular weight excluding hydrogens is 202 g/mol. The maximum atomic E-state index is 11.2. The summed E-state index contributed by atoms with van der Waals surface area (Å²) in [5, 5.41) is 0. The second-order valence-electron chi connectivity index (χ2n) is 3.42. The summed E-state index contributed by atoms with van der Waals surface area (Å²) in [6, 6.07) is 1.75. The first kappa shape index (κ1) is 9.46. The Labute approximate surface area is 87.0 Å². The number of aromatic nitrogens is 1. The molecule has 1 fully saturated rings. The molecule has 0 saturated heterocycles. The first-order valence-electron chi connectivity index (χ1n) is 4.38. The number of pyridine rings is 1. The maximum absolute atomic E-state index is 11.2. The lowest BCUT2D eigenvalue weighted by atomic mass is 10.1. The van der Waals surface area contributed by atoms with Gasteiger partial charge in [-0.1, -0.05) is 0 Å². The van der Waals surface area contributed by atoms with Gasteiger partial charge in [0.1, 0.15) is 0 Å². The Morgan fingerprint density at radius 3 is 2.86 bits per heavy atom. The van der Waals surface area contributed by atoms with Crippen LogP contribution in [0.2, 0.25) is 0 Å². The predicted octanol–water partition coefficient (Wildman–Crippen LogP) is 2.10. The van der Waals surface area contributed by atoms with Gasteiger partial charge < -0.3 is 4.74 Å². The normalized spacial score (nSPS) is 17.6. The van der Waals surface area contributed by atoms with E-state index in [0.29, 0.717) is 5.56 Å². The van der Waals surface area contributed by atoms with Gasteiger partial charge in [0.25, 0.3) is 0 Å². The van der Waals surface area contributed by atoms with Crippen molar-refractivity contribution in [3.8, 4) is 0 Å². The topological polar surface area (TPSA) is 39.2 Å². The Bertz CT molecular complexity index is 374. The predicted molar refractivity (Wildman–Crippen MR) is 52.3 cm³/mol. The molecule has 1 aliphatic carbocycles. The van der Waals surface area contributed by atoms with Gasteiger partial charge in [0.2, 0.25) is 0 Å². The summed E-state index contributed by atoms with van der Waals surface area (Å²) in [6.07, 6.45) is 5.08. The van der Waals surface area contributed by atoms with Crippen LogP contribution in [0.5, 0.6) is 0 Å². The Balaban J connectivity index is 2.32. The van der Waals surface area contributed by atoms with Crippen molar-refractivity contribution in [1.29, 1.82) is 0 Å². The third-order valence-electron chi connectivity index (χ3n) is 2.37. The summed E-state index contributed by atoms with van der Waals surface area (Å²) in [5.74, 6) is -0.375. The average molecular weight is 212 g/mol. The highest BCUT2D eigenvalue weighted by Crippen LogP contribution is 2.51. The fourth-order valence-electron chi connectivity index (χ4n) is 1.31. The van der Waals surface area contributed by atoms with Crippen LogP contribution in [0.3, 0.4) is 0 Å². The van der Waals surface area contributed by atoms with Crippen molar-refractivity contribution in [3.05, 3.63) is 29.6 Å². The highest BCUT2D eigenvalue weighted by molar-refractivity contribution is 6.25. The molecule has 0 unspecified atom stereocenters. The Hall–Kier alpha value is -1.09. The molecule has 3 nitrogen and oxygen atoms in total. The molecule has 1 heterocycles. The second kappa shape index (κ2) is 3.24. The van der Waals surface area contributed by atoms with E-state index < -0.39 is 0 Å². The van der Waals surface area contributed by atoms with Gasteiger partial charge in [0.05, 0.1) is 17.5 Å². The summed E-state index contributed by atoms with van der Waals surface area (Å²) in [6.45, 7) is 0. The third kappa shape index (κ3) is 1.60. The summed E-state index contributed by atoms with van der Waals surface area (Å²) < 4.78 is 4.60. The van der Waals surface area contributed by atoms with Crippen LogP contribution in [0.4, 0.5) is 0 Å². The molecule has 14 heavy (non-hydrogen) atoms. The van der Waals surface area contributed by atoms with Crippen LogP contribution in [0, 0.1) is 0 Å². The molecule has 1 saturated carbocycles. The van der Waals surface area contributed by atoms with Gasteiger partial charge in [0.15, 0.2) is 0 Å². The monoisotopic (exact) mass is 211 g/mol. The van der Waals surface area contributed by atoms with Gasteiger partial charge in [-0.15, -0.1) is 11.6 Å². The Kier molecular flexibility index (Phi) is 2.19. The number of carbonyl (C=O) groups excluding carboxylic acids is 1. The van der Waals surface area contributed by atoms with Gasteiger partial charge in [-0.25, -0.2) is 4.79 Å². The molecule has 0 spiro atoms. The lowest BCUT2D eigenvalue weighted by molar-refractivity contribution is 0.0600. The molecule has 1 aliphatic rings. The van der Waals surface area contributed by atoms with Crippen molar-refractivity contribution < 1.29 is 9.53 Å². The van der Waals surface area contributed by atoms with E-state index >= 15 is 0 Å². The van der Waals surface area contributed by atoms with E-state index in [1.807, 2.05) is 0 Å². The molecule has 0 bridgehead atoms. The number of alkyl halides is 1. The fourth-order valence-corrected chi connectivity index (χ4v) is 1.51. The van der Waals surface area contributed by atoms with Crippen molar-refractivity contribution in [3.63, 3.8) is 0 Å². The Morgan fingerprint density at radius 1 is 1.57 bits per heavy atom. The van der Waals surface area contributed by atoms with Crippen molar-refractivity contribution >= 4 is 17.6 Å². The highest BCUT2D eigenvalue weighted by Gasteiger charge is 2.42. The van der Waals surface area contributed by atoms with Crippen LogP contribution < -0.4 is 0 Å². The Morgan fingerprint density at radius 2 is 2.29 bits per heavy atom. The quantitative estimate of drug-likeness (QED) is 0.556. The molecule has 0 aromatic carbocycles. The molecule has 0 N–H and O–H groups in total. The minimum Gasteiger partial charge on any atom is -0.465 e. The molecular formula is C10H10ClNO2. The SMILES string of the molecule is COC(=O)c1cncc(C2(Cl)CC2)c1. The van der Waals surface area contributed by atoms with Crippen LogP contribution in [0.15, 0.2) is 18.5 Å². The van der Waals surface area contributed by atoms with Gasteiger partial charge >= 0.3 is 5.97 Å². The summed E-state index contributed by atoms with van der Waals surface area (Å²) in [5.41, 5.74) is 1.36. The molecule has 1 aromatic rings. The standard InChI is InChI=1S/C10H10ClNO2/c1-14-9(13)7-4-8(6-12-5-7)10(11)2-3-10/h4-6H,2-3H2,1H3. The minimum absolute atomic E-state index is 0.281. The van der Waals surface area contributed by atoms with Crippen LogP contribution in [0.1, 0.15) is 28.8 Å². The molecule has 74 valence electrons. The number of nitrogens with zero attached hydrogens (tertiary/aromatic N) is 1. The number of rotatable bonds is 2. The number of carbonyl (C=O) groups is 1. The maximum Gasteiger partial charge on any atom is 0.339 e. The molecule has 0 radical (unpaired) electrons. The zero-order valence-electron chi connectivity index (χ0n) is 7.79. The van der Waals surface area contributed by atoms with Gasteiger partial charge in [-0.2, -0.15) is 0 Å². The van der Waals surface area contributed by atoms with Crippen LogP contribution >= 0.6 is 11.6 Å². The summed E-state index contributed by atoms with van der Waals surface area (Å²) in [4.78, 5) is 14.9. The molecule has 0 aliphatic heterocycles. The molecule has 0 amide bonds. The van der Waals surface area contributed by atoms with E-state index in [9.17, 15) is 4.79 Å². The molecule has 0 atom stereocenters. The minimum atomic E-state index is -0.375. The van der Waals surface area contributed by atoms with Crippen LogP contribution in [-0.2, 0) is 9.61 Å². The lowest BCUT2D eigenvalue weighted by Crippen LogP contribution is -2.05. The van der Waals surface area contributed by atoms with E-state index in [4.69, 9.17) is 11.6 Å². The number of methoxy groups -OCH3 is 1. The van der Waals surface area contributed by atoms with E-state index in [1.54, 1.807) is 12.3 Å².